The molecule has 0 unspecified atom stereocenters. The smallest absolute Gasteiger partial charge is 0.262 e. The maximum absolute atomic E-state index is 12.3. The van der Waals surface area contributed by atoms with E-state index in [0.29, 0.717) is 24.3 Å². The number of carbonyl (C=O) groups is 3. The molecule has 0 spiro atoms. The van der Waals surface area contributed by atoms with E-state index in [2.05, 4.69) is 5.32 Å². The molecule has 0 radical (unpaired) electrons. The summed E-state index contributed by atoms with van der Waals surface area (Å²) in [6.07, 6.45) is 1.94. The Hall–Kier alpha value is -2.21. The van der Waals surface area contributed by atoms with Gasteiger partial charge in [-0.15, -0.1) is 0 Å². The van der Waals surface area contributed by atoms with E-state index in [1.807, 2.05) is 0 Å². The molecular formula is C16H18N2O4. The minimum absolute atomic E-state index is 0.0262. The second-order valence-electron chi connectivity index (χ2n) is 5.58. The minimum atomic E-state index is -0.839. The second kappa shape index (κ2) is 5.88. The first-order valence-corrected chi connectivity index (χ1v) is 7.46. The number of nitrogens with one attached hydrogen (secondary N) is 1. The van der Waals surface area contributed by atoms with Crippen LogP contribution in [0.15, 0.2) is 24.3 Å². The van der Waals surface area contributed by atoms with Crippen molar-refractivity contribution in [2.75, 3.05) is 13.2 Å². The van der Waals surface area contributed by atoms with Crippen LogP contribution >= 0.6 is 0 Å². The molecule has 0 saturated carbocycles. The van der Waals surface area contributed by atoms with Gasteiger partial charge in [-0.2, -0.15) is 0 Å². The van der Waals surface area contributed by atoms with Gasteiger partial charge in [-0.25, -0.2) is 0 Å². The number of ether oxygens (including phenoxy) is 1. The molecular weight excluding hydrogens is 284 g/mol. The Bertz CT molecular complexity index is 587. The van der Waals surface area contributed by atoms with Gasteiger partial charge in [0.15, 0.2) is 0 Å². The fourth-order valence-corrected chi connectivity index (χ4v) is 2.84. The number of fused-ring (bicyclic) bond motifs is 1. The number of rotatable bonds is 4. The first-order valence-electron chi connectivity index (χ1n) is 7.46. The van der Waals surface area contributed by atoms with Crippen LogP contribution in [0.5, 0.6) is 0 Å². The van der Waals surface area contributed by atoms with Crippen molar-refractivity contribution >= 4 is 17.7 Å². The molecule has 0 bridgehead atoms. The molecule has 0 aliphatic carbocycles. The highest BCUT2D eigenvalue weighted by atomic mass is 16.5. The molecule has 2 atom stereocenters. The lowest BCUT2D eigenvalue weighted by Crippen LogP contribution is -2.49. The van der Waals surface area contributed by atoms with Gasteiger partial charge >= 0.3 is 0 Å². The summed E-state index contributed by atoms with van der Waals surface area (Å²) in [5.41, 5.74) is 0.706. The lowest BCUT2D eigenvalue weighted by molar-refractivity contribution is -0.125. The Morgan fingerprint density at radius 2 is 1.95 bits per heavy atom. The van der Waals surface area contributed by atoms with Crippen LogP contribution in [0.25, 0.3) is 0 Å². The van der Waals surface area contributed by atoms with E-state index in [1.165, 1.54) is 0 Å². The molecule has 6 heteroatoms. The number of nitrogens with zero attached hydrogens (tertiary/aromatic N) is 1. The summed E-state index contributed by atoms with van der Waals surface area (Å²) in [7, 11) is 0. The maximum atomic E-state index is 12.3. The van der Waals surface area contributed by atoms with Crippen molar-refractivity contribution in [2.45, 2.75) is 31.9 Å². The highest BCUT2D eigenvalue weighted by Gasteiger charge is 2.40. The minimum Gasteiger partial charge on any atom is -0.376 e. The first-order chi connectivity index (χ1) is 10.6. The van der Waals surface area contributed by atoms with Crippen LogP contribution in [0.3, 0.4) is 0 Å². The predicted molar refractivity (Wildman–Crippen MR) is 78.4 cm³/mol. The van der Waals surface area contributed by atoms with Crippen molar-refractivity contribution in [3.63, 3.8) is 0 Å². The third kappa shape index (κ3) is 2.50. The van der Waals surface area contributed by atoms with Gasteiger partial charge in [0.1, 0.15) is 6.04 Å². The molecule has 2 aliphatic heterocycles. The van der Waals surface area contributed by atoms with Crippen molar-refractivity contribution < 1.29 is 19.1 Å². The van der Waals surface area contributed by atoms with Crippen molar-refractivity contribution in [3.05, 3.63) is 35.4 Å². The van der Waals surface area contributed by atoms with E-state index in [1.54, 1.807) is 31.2 Å². The molecule has 1 N–H and O–H groups in total. The van der Waals surface area contributed by atoms with Crippen molar-refractivity contribution in [1.29, 1.82) is 0 Å². The summed E-state index contributed by atoms with van der Waals surface area (Å²) >= 11 is 0. The molecule has 3 rings (SSSR count). The molecule has 22 heavy (non-hydrogen) atoms. The molecule has 1 aromatic rings. The molecule has 0 aromatic heterocycles. The summed E-state index contributed by atoms with van der Waals surface area (Å²) in [5.74, 6) is -1.18. The number of benzene rings is 1. The summed E-state index contributed by atoms with van der Waals surface area (Å²) in [6.45, 7) is 2.69. The van der Waals surface area contributed by atoms with E-state index in [-0.39, 0.29) is 12.0 Å². The van der Waals surface area contributed by atoms with Gasteiger partial charge in [-0.1, -0.05) is 12.1 Å². The van der Waals surface area contributed by atoms with E-state index in [4.69, 9.17) is 4.74 Å². The summed E-state index contributed by atoms with van der Waals surface area (Å²) in [5, 5.41) is 2.76. The van der Waals surface area contributed by atoms with E-state index < -0.39 is 17.9 Å². The number of hydrogen-bond acceptors (Lipinski definition) is 4. The van der Waals surface area contributed by atoms with Crippen LogP contribution in [0.2, 0.25) is 0 Å². The fourth-order valence-electron chi connectivity index (χ4n) is 2.84. The maximum Gasteiger partial charge on any atom is 0.262 e. The molecule has 116 valence electrons. The Morgan fingerprint density at radius 1 is 1.32 bits per heavy atom. The number of imide groups is 1. The van der Waals surface area contributed by atoms with Crippen molar-refractivity contribution in [1.82, 2.24) is 10.2 Å². The predicted octanol–water partition coefficient (Wildman–Crippen LogP) is 0.966. The van der Waals surface area contributed by atoms with Gasteiger partial charge in [0, 0.05) is 13.2 Å². The third-order valence-electron chi connectivity index (χ3n) is 4.12. The molecule has 3 amide bonds. The summed E-state index contributed by atoms with van der Waals surface area (Å²) in [4.78, 5) is 37.9. The van der Waals surface area contributed by atoms with Gasteiger partial charge in [0.05, 0.1) is 17.2 Å². The van der Waals surface area contributed by atoms with Crippen molar-refractivity contribution in [3.8, 4) is 0 Å². The lowest BCUT2D eigenvalue weighted by atomic mass is 10.1. The zero-order valence-electron chi connectivity index (χ0n) is 12.4. The van der Waals surface area contributed by atoms with E-state index in [9.17, 15) is 14.4 Å². The quantitative estimate of drug-likeness (QED) is 0.841. The summed E-state index contributed by atoms with van der Waals surface area (Å²) < 4.78 is 5.44. The zero-order valence-corrected chi connectivity index (χ0v) is 12.4. The van der Waals surface area contributed by atoms with Gasteiger partial charge in [-0.3, -0.25) is 19.3 Å². The van der Waals surface area contributed by atoms with Crippen LogP contribution in [0.1, 0.15) is 40.5 Å². The third-order valence-corrected chi connectivity index (χ3v) is 4.12. The molecule has 2 heterocycles. The normalized spacial score (nSPS) is 21.9. The van der Waals surface area contributed by atoms with Crippen molar-refractivity contribution in [2.24, 2.45) is 0 Å². The van der Waals surface area contributed by atoms with Gasteiger partial charge in [-0.05, 0) is 31.9 Å². The van der Waals surface area contributed by atoms with Crippen LogP contribution in [-0.4, -0.2) is 47.9 Å². The molecule has 2 aliphatic rings. The molecule has 1 aromatic carbocycles. The van der Waals surface area contributed by atoms with Crippen LogP contribution in [0.4, 0.5) is 0 Å². The standard InChI is InChI=1S/C16H18N2O4/c1-10(14(19)17-9-11-5-4-8-22-11)18-15(20)12-6-2-3-7-13(12)16(18)21/h2-3,6-7,10-11H,4-5,8-9H2,1H3,(H,17,19)/t10-,11-/m1/s1. The van der Waals surface area contributed by atoms with Gasteiger partial charge in [0.2, 0.25) is 5.91 Å². The highest BCUT2D eigenvalue weighted by Crippen LogP contribution is 2.24. The van der Waals surface area contributed by atoms with Crippen LogP contribution in [-0.2, 0) is 9.53 Å². The highest BCUT2D eigenvalue weighted by molar-refractivity contribution is 6.22. The Balaban J connectivity index is 1.67. The monoisotopic (exact) mass is 302 g/mol. The van der Waals surface area contributed by atoms with Gasteiger partial charge in [0.25, 0.3) is 11.8 Å². The van der Waals surface area contributed by atoms with Crippen LogP contribution in [0, 0.1) is 0 Å². The van der Waals surface area contributed by atoms with E-state index in [0.717, 1.165) is 17.7 Å². The zero-order chi connectivity index (χ0) is 15.7. The fraction of sp³-hybridized carbons (Fsp3) is 0.438. The molecule has 6 nitrogen and oxygen atoms in total. The lowest BCUT2D eigenvalue weighted by Gasteiger charge is -2.22. The Labute approximate surface area is 128 Å². The number of amides is 3. The molecule has 1 fully saturated rings. The summed E-state index contributed by atoms with van der Waals surface area (Å²) in [6, 6.07) is 5.78. The van der Waals surface area contributed by atoms with Crippen LogP contribution < -0.4 is 5.32 Å². The molecule has 1 saturated heterocycles. The first kappa shape index (κ1) is 14.7. The van der Waals surface area contributed by atoms with Gasteiger partial charge < -0.3 is 10.1 Å². The average molecular weight is 302 g/mol. The Kier molecular flexibility index (Phi) is 3.94. The average Bonchev–Trinajstić information content (AvgIpc) is 3.13. The SMILES string of the molecule is C[C@H](C(=O)NC[C@H]1CCCO1)N1C(=O)c2ccccc2C1=O. The van der Waals surface area contributed by atoms with E-state index >= 15 is 0 Å². The number of carbonyl (C=O) groups excluding carboxylic acids is 3. The number of hydrogen-bond donors (Lipinski definition) is 1. The largest absolute Gasteiger partial charge is 0.376 e. The Morgan fingerprint density at radius 3 is 2.50 bits per heavy atom. The second-order valence-corrected chi connectivity index (χ2v) is 5.58. The topological polar surface area (TPSA) is 75.7 Å².